The summed E-state index contributed by atoms with van der Waals surface area (Å²) in [5.74, 6) is 0.951. The predicted octanol–water partition coefficient (Wildman–Crippen LogP) is 4.60. The average Bonchev–Trinajstić information content (AvgIpc) is 3.24. The summed E-state index contributed by atoms with van der Waals surface area (Å²) in [6.45, 7) is 1.000. The van der Waals surface area contributed by atoms with Crippen LogP contribution in [0.25, 0.3) is 22.2 Å². The van der Waals surface area contributed by atoms with Gasteiger partial charge in [0.15, 0.2) is 0 Å². The zero-order chi connectivity index (χ0) is 22.8. The molecule has 2 aliphatic rings. The van der Waals surface area contributed by atoms with Crippen LogP contribution in [-0.2, 0) is 4.79 Å². The lowest BCUT2D eigenvalue weighted by atomic mass is 9.90. The second-order valence-electron chi connectivity index (χ2n) is 9.34. The van der Waals surface area contributed by atoms with Gasteiger partial charge in [-0.05, 0) is 76.4 Å². The van der Waals surface area contributed by atoms with Crippen molar-refractivity contribution in [3.8, 4) is 11.1 Å². The molecule has 1 amide bonds. The first kappa shape index (κ1) is 22.2. The number of amides is 1. The summed E-state index contributed by atoms with van der Waals surface area (Å²) in [7, 11) is 2.06. The molecule has 8 heteroatoms. The van der Waals surface area contributed by atoms with E-state index < -0.39 is 0 Å². The molecule has 5 rings (SSSR count). The Kier molecular flexibility index (Phi) is 6.51. The first-order valence-electron chi connectivity index (χ1n) is 11.9. The largest absolute Gasteiger partial charge is 0.367 e. The third kappa shape index (κ3) is 4.84. The highest BCUT2D eigenvalue weighted by Crippen LogP contribution is 2.34. The van der Waals surface area contributed by atoms with Gasteiger partial charge in [0.1, 0.15) is 16.6 Å². The standard InChI is InChI=1S/C25H31ClN6O/c1-32-13-3-2-9-21(32)25(33)30-17-7-4-6-16(14-17)29-24-19(10-11-22(26)31-24)20-15-28-23-18(20)8-5-12-27-23/h5,8,10-12,15-17,21H,2-4,6-7,9,13-14H2,1H3,(H,27,28)(H,29,31)(H,30,33). The zero-order valence-corrected chi connectivity index (χ0v) is 19.7. The Hall–Kier alpha value is -2.64. The van der Waals surface area contributed by atoms with Crippen molar-refractivity contribution >= 4 is 34.4 Å². The Balaban J connectivity index is 1.31. The van der Waals surface area contributed by atoms with E-state index in [1.165, 1.54) is 6.42 Å². The topological polar surface area (TPSA) is 85.9 Å². The Bertz CT molecular complexity index is 1130. The number of fused-ring (bicyclic) bond motifs is 1. The van der Waals surface area contributed by atoms with Gasteiger partial charge in [0.2, 0.25) is 5.91 Å². The maximum atomic E-state index is 12.9. The second kappa shape index (κ2) is 9.69. The number of carbonyl (C=O) groups excluding carboxylic acids is 1. The highest BCUT2D eigenvalue weighted by molar-refractivity contribution is 6.29. The van der Waals surface area contributed by atoms with E-state index in [0.29, 0.717) is 5.15 Å². The molecule has 3 aromatic rings. The van der Waals surface area contributed by atoms with Crippen molar-refractivity contribution in [3.05, 3.63) is 41.8 Å². The summed E-state index contributed by atoms with van der Waals surface area (Å²) < 4.78 is 0. The first-order chi connectivity index (χ1) is 16.1. The number of hydrogen-bond donors (Lipinski definition) is 3. The number of nitrogens with zero attached hydrogens (tertiary/aromatic N) is 3. The summed E-state index contributed by atoms with van der Waals surface area (Å²) in [5, 5.41) is 8.48. The minimum Gasteiger partial charge on any atom is -0.367 e. The van der Waals surface area contributed by atoms with Crippen molar-refractivity contribution in [2.45, 2.75) is 63.1 Å². The number of piperidine rings is 1. The first-order valence-corrected chi connectivity index (χ1v) is 12.3. The molecule has 1 aliphatic heterocycles. The smallest absolute Gasteiger partial charge is 0.237 e. The number of hydrogen-bond acceptors (Lipinski definition) is 5. The molecule has 0 spiro atoms. The van der Waals surface area contributed by atoms with Gasteiger partial charge in [0.25, 0.3) is 0 Å². The quantitative estimate of drug-likeness (QED) is 0.478. The maximum absolute atomic E-state index is 12.9. The van der Waals surface area contributed by atoms with Crippen LogP contribution in [0.4, 0.5) is 5.82 Å². The van der Waals surface area contributed by atoms with Crippen molar-refractivity contribution in [3.63, 3.8) is 0 Å². The molecule has 1 saturated carbocycles. The third-order valence-corrected chi connectivity index (χ3v) is 7.25. The van der Waals surface area contributed by atoms with Crippen molar-refractivity contribution in [2.24, 2.45) is 0 Å². The van der Waals surface area contributed by atoms with E-state index in [0.717, 1.165) is 73.0 Å². The van der Waals surface area contributed by atoms with Crippen LogP contribution in [0.5, 0.6) is 0 Å². The van der Waals surface area contributed by atoms with Gasteiger partial charge in [-0.25, -0.2) is 9.97 Å². The number of anilines is 1. The number of halogens is 1. The van der Waals surface area contributed by atoms with E-state index >= 15 is 0 Å². The molecule has 3 N–H and O–H groups in total. The van der Waals surface area contributed by atoms with Crippen LogP contribution in [0.1, 0.15) is 44.9 Å². The minimum absolute atomic E-state index is 0.00349. The van der Waals surface area contributed by atoms with Gasteiger partial charge in [-0.15, -0.1) is 0 Å². The normalized spacial score (nSPS) is 24.0. The fraction of sp³-hybridized carbons (Fsp3) is 0.480. The highest BCUT2D eigenvalue weighted by atomic mass is 35.5. The van der Waals surface area contributed by atoms with Gasteiger partial charge in [-0.1, -0.05) is 18.0 Å². The molecule has 1 saturated heterocycles. The molecule has 3 atom stereocenters. The summed E-state index contributed by atoms with van der Waals surface area (Å²) in [6, 6.07) is 8.23. The van der Waals surface area contributed by atoms with Gasteiger partial charge >= 0.3 is 0 Å². The van der Waals surface area contributed by atoms with E-state index in [2.05, 4.69) is 43.6 Å². The molecule has 33 heavy (non-hydrogen) atoms. The number of likely N-dealkylation sites (tertiary alicyclic amines) is 1. The lowest BCUT2D eigenvalue weighted by Crippen LogP contribution is -2.51. The molecule has 1 aliphatic carbocycles. The number of likely N-dealkylation sites (N-methyl/N-ethyl adjacent to an activating group) is 1. The average molecular weight is 467 g/mol. The van der Waals surface area contributed by atoms with E-state index in [1.54, 1.807) is 6.20 Å². The van der Waals surface area contributed by atoms with Crippen LogP contribution in [0, 0.1) is 0 Å². The van der Waals surface area contributed by atoms with Gasteiger partial charge in [-0.3, -0.25) is 9.69 Å². The Morgan fingerprint density at radius 2 is 2.00 bits per heavy atom. The zero-order valence-electron chi connectivity index (χ0n) is 19.0. The van der Waals surface area contributed by atoms with Crippen LogP contribution in [0.3, 0.4) is 0 Å². The van der Waals surface area contributed by atoms with Crippen molar-refractivity contribution < 1.29 is 4.79 Å². The van der Waals surface area contributed by atoms with Crippen molar-refractivity contribution in [2.75, 3.05) is 18.9 Å². The number of carbonyl (C=O) groups is 1. The number of rotatable bonds is 5. The molecule has 4 heterocycles. The Morgan fingerprint density at radius 3 is 2.88 bits per heavy atom. The van der Waals surface area contributed by atoms with Crippen LogP contribution in [0.15, 0.2) is 36.7 Å². The van der Waals surface area contributed by atoms with Crippen LogP contribution in [0.2, 0.25) is 5.15 Å². The molecule has 3 unspecified atom stereocenters. The monoisotopic (exact) mass is 466 g/mol. The molecule has 7 nitrogen and oxygen atoms in total. The molecular weight excluding hydrogens is 436 g/mol. The summed E-state index contributed by atoms with van der Waals surface area (Å²) in [5.41, 5.74) is 2.89. The molecule has 174 valence electrons. The molecule has 0 aromatic carbocycles. The molecule has 3 aromatic heterocycles. The number of aromatic nitrogens is 3. The maximum Gasteiger partial charge on any atom is 0.237 e. The lowest BCUT2D eigenvalue weighted by molar-refractivity contribution is -0.128. The van der Waals surface area contributed by atoms with Gasteiger partial charge < -0.3 is 15.6 Å². The SMILES string of the molecule is CN1CCCCC1C(=O)NC1CCCC(Nc2nc(Cl)ccc2-c2c[nH]c3ncccc23)C1. The predicted molar refractivity (Wildman–Crippen MR) is 132 cm³/mol. The van der Waals surface area contributed by atoms with Crippen molar-refractivity contribution in [1.82, 2.24) is 25.2 Å². The van der Waals surface area contributed by atoms with Crippen LogP contribution in [-0.4, -0.2) is 57.5 Å². The molecular formula is C25H31ClN6O. The minimum atomic E-state index is 0.00349. The number of aromatic amines is 1. The molecule has 0 radical (unpaired) electrons. The summed E-state index contributed by atoms with van der Waals surface area (Å²) in [4.78, 5) is 27.4. The number of H-pyrrole nitrogens is 1. The van der Waals surface area contributed by atoms with Crippen LogP contribution < -0.4 is 10.6 Å². The van der Waals surface area contributed by atoms with E-state index in [1.807, 2.05) is 24.4 Å². The highest BCUT2D eigenvalue weighted by Gasteiger charge is 2.30. The summed E-state index contributed by atoms with van der Waals surface area (Å²) >= 11 is 6.28. The lowest BCUT2D eigenvalue weighted by Gasteiger charge is -2.35. The van der Waals surface area contributed by atoms with Gasteiger partial charge in [-0.2, -0.15) is 0 Å². The molecule has 2 fully saturated rings. The Morgan fingerprint density at radius 1 is 1.12 bits per heavy atom. The van der Waals surface area contributed by atoms with Gasteiger partial charge in [0, 0.05) is 41.0 Å². The third-order valence-electron chi connectivity index (χ3n) is 7.04. The Labute approximate surface area is 199 Å². The molecule has 0 bridgehead atoms. The van der Waals surface area contributed by atoms with E-state index in [4.69, 9.17) is 11.6 Å². The van der Waals surface area contributed by atoms with E-state index in [9.17, 15) is 4.79 Å². The van der Waals surface area contributed by atoms with E-state index in [-0.39, 0.29) is 24.0 Å². The second-order valence-corrected chi connectivity index (χ2v) is 9.72. The fourth-order valence-electron chi connectivity index (χ4n) is 5.29. The fourth-order valence-corrected chi connectivity index (χ4v) is 5.44. The number of nitrogens with one attached hydrogen (secondary N) is 3. The number of pyridine rings is 2. The summed E-state index contributed by atoms with van der Waals surface area (Å²) in [6.07, 6.45) is 11.0. The van der Waals surface area contributed by atoms with Crippen molar-refractivity contribution in [1.29, 1.82) is 0 Å². The van der Waals surface area contributed by atoms with Crippen LogP contribution >= 0.6 is 11.6 Å². The van der Waals surface area contributed by atoms with Gasteiger partial charge in [0.05, 0.1) is 6.04 Å².